The zero-order valence-corrected chi connectivity index (χ0v) is 16.2. The van der Waals surface area contributed by atoms with Gasteiger partial charge in [-0.2, -0.15) is 0 Å². The van der Waals surface area contributed by atoms with Crippen LogP contribution in [0.25, 0.3) is 32.7 Å². The first-order chi connectivity index (χ1) is 10.3. The molecule has 0 fully saturated rings. The Bertz CT molecular complexity index is 898. The van der Waals surface area contributed by atoms with Gasteiger partial charge in [0.15, 0.2) is 0 Å². The summed E-state index contributed by atoms with van der Waals surface area (Å²) in [6.45, 7) is 2.22. The summed E-state index contributed by atoms with van der Waals surface area (Å²) in [7, 11) is 0. The van der Waals surface area contributed by atoms with E-state index >= 15 is 0 Å². The number of hydrogen-bond acceptors (Lipinski definition) is 0. The van der Waals surface area contributed by atoms with Crippen LogP contribution >= 0.6 is 0 Å². The van der Waals surface area contributed by atoms with Crippen molar-refractivity contribution < 1.29 is 25.8 Å². The molecule has 0 saturated heterocycles. The van der Waals surface area contributed by atoms with E-state index < -0.39 is 0 Å². The van der Waals surface area contributed by atoms with Gasteiger partial charge in [0.25, 0.3) is 0 Å². The van der Waals surface area contributed by atoms with E-state index in [2.05, 4.69) is 79.7 Å². The van der Waals surface area contributed by atoms with E-state index in [1.807, 2.05) is 0 Å². The summed E-state index contributed by atoms with van der Waals surface area (Å²) in [6, 6.07) is 26.5. The molecule has 0 aliphatic carbocycles. The van der Waals surface area contributed by atoms with Gasteiger partial charge in [-0.15, -0.1) is 34.5 Å². The topological polar surface area (TPSA) is 0 Å². The molecule has 0 spiro atoms. The maximum atomic E-state index is 2.34. The molecule has 4 aromatic rings. The average molecular weight is 448 g/mol. The molecule has 4 aromatic carbocycles. The number of aryl methyl sites for hydroxylation is 1. The summed E-state index contributed by atoms with van der Waals surface area (Å²) < 4.78 is 0. The van der Waals surface area contributed by atoms with Crippen molar-refractivity contribution in [3.05, 3.63) is 78.4 Å². The van der Waals surface area contributed by atoms with Gasteiger partial charge in [-0.25, -0.2) is 0 Å². The maximum Gasteiger partial charge on any atom is 0 e. The minimum atomic E-state index is 0. The molecule has 22 heavy (non-hydrogen) atoms. The molecule has 106 valence electrons. The van der Waals surface area contributed by atoms with Gasteiger partial charge in [0.05, 0.1) is 0 Å². The Morgan fingerprint density at radius 3 is 2.32 bits per heavy atom. The van der Waals surface area contributed by atoms with Crippen molar-refractivity contribution in [2.45, 2.75) is 13.3 Å². The maximum absolute atomic E-state index is 2.34. The zero-order valence-electron chi connectivity index (χ0n) is 12.6. The van der Waals surface area contributed by atoms with Crippen molar-refractivity contribution in [2.24, 2.45) is 0 Å². The van der Waals surface area contributed by atoms with Gasteiger partial charge in [-0.1, -0.05) is 72.6 Å². The van der Waals surface area contributed by atoms with Crippen molar-refractivity contribution in [2.75, 3.05) is 0 Å². The third-order valence-electron chi connectivity index (χ3n) is 4.26. The summed E-state index contributed by atoms with van der Waals surface area (Å²) >= 11 is 0. The first-order valence-corrected chi connectivity index (χ1v) is 7.52. The van der Waals surface area contributed by atoms with Crippen molar-refractivity contribution in [3.63, 3.8) is 0 Å². The molecule has 0 aromatic heterocycles. The molecule has 0 radical (unpaired) electrons. The number of benzene rings is 3. The summed E-state index contributed by atoms with van der Waals surface area (Å²) in [5, 5.41) is 5.30. The zero-order chi connectivity index (χ0) is 14.2. The van der Waals surface area contributed by atoms with Gasteiger partial charge < -0.3 is 0 Å². The first-order valence-electron chi connectivity index (χ1n) is 7.52. The summed E-state index contributed by atoms with van der Waals surface area (Å²) in [5.41, 5.74) is 4.07. The number of hydrogen-bond donors (Lipinski definition) is 0. The summed E-state index contributed by atoms with van der Waals surface area (Å²) in [5.74, 6) is 0. The van der Waals surface area contributed by atoms with Crippen LogP contribution in [0.3, 0.4) is 0 Å². The number of rotatable bonds is 2. The SMILES string of the molecule is CCc1cc(-c2cc3ccccc3[cH-]2)c2ccccc2c1.[Hf]. The van der Waals surface area contributed by atoms with Gasteiger partial charge in [0, 0.05) is 25.8 Å². The monoisotopic (exact) mass is 449 g/mol. The van der Waals surface area contributed by atoms with Crippen LogP contribution < -0.4 is 0 Å². The largest absolute Gasteiger partial charge is 0.145 e. The van der Waals surface area contributed by atoms with Gasteiger partial charge in [0.2, 0.25) is 0 Å². The van der Waals surface area contributed by atoms with Crippen molar-refractivity contribution in [1.82, 2.24) is 0 Å². The minimum absolute atomic E-state index is 0. The molecule has 0 N–H and O–H groups in total. The summed E-state index contributed by atoms with van der Waals surface area (Å²) in [4.78, 5) is 0. The van der Waals surface area contributed by atoms with Crippen LogP contribution in [0.2, 0.25) is 0 Å². The Morgan fingerprint density at radius 1 is 0.818 bits per heavy atom. The summed E-state index contributed by atoms with van der Waals surface area (Å²) in [6.07, 6.45) is 1.07. The van der Waals surface area contributed by atoms with Gasteiger partial charge in [-0.3, -0.25) is 0 Å². The van der Waals surface area contributed by atoms with Crippen LogP contribution in [0.5, 0.6) is 0 Å². The van der Waals surface area contributed by atoms with E-state index in [-0.39, 0.29) is 25.8 Å². The predicted octanol–water partition coefficient (Wildman–Crippen LogP) is 5.94. The van der Waals surface area contributed by atoms with Crippen LogP contribution in [0.1, 0.15) is 12.5 Å². The molecular formula is C21H17Hf-. The molecule has 0 atom stereocenters. The van der Waals surface area contributed by atoms with Crippen LogP contribution in [-0.2, 0) is 32.3 Å². The van der Waals surface area contributed by atoms with Crippen LogP contribution in [0.15, 0.2) is 72.8 Å². The van der Waals surface area contributed by atoms with Crippen molar-refractivity contribution in [3.8, 4) is 11.1 Å². The van der Waals surface area contributed by atoms with Crippen molar-refractivity contribution >= 4 is 21.5 Å². The Morgan fingerprint density at radius 2 is 1.55 bits per heavy atom. The fourth-order valence-corrected chi connectivity index (χ4v) is 3.12. The number of fused-ring (bicyclic) bond motifs is 2. The smallest absolute Gasteiger partial charge is 0 e. The Kier molecular flexibility index (Phi) is 4.35. The van der Waals surface area contributed by atoms with Gasteiger partial charge in [0.1, 0.15) is 0 Å². The van der Waals surface area contributed by atoms with E-state index in [1.54, 1.807) is 0 Å². The van der Waals surface area contributed by atoms with Crippen LogP contribution in [-0.4, -0.2) is 0 Å². The van der Waals surface area contributed by atoms with Crippen LogP contribution in [0, 0.1) is 0 Å². The van der Waals surface area contributed by atoms with Crippen molar-refractivity contribution in [1.29, 1.82) is 0 Å². The predicted molar refractivity (Wildman–Crippen MR) is 91.9 cm³/mol. The molecule has 0 unspecified atom stereocenters. The molecule has 0 saturated carbocycles. The van der Waals surface area contributed by atoms with E-state index in [1.165, 1.54) is 38.2 Å². The second-order valence-electron chi connectivity index (χ2n) is 5.59. The minimum Gasteiger partial charge on any atom is -0.145 e. The third-order valence-corrected chi connectivity index (χ3v) is 4.26. The van der Waals surface area contributed by atoms with E-state index in [0.717, 1.165) is 6.42 Å². The molecule has 0 aliphatic rings. The van der Waals surface area contributed by atoms with Crippen LogP contribution in [0.4, 0.5) is 0 Å². The molecule has 0 bridgehead atoms. The molecule has 0 heterocycles. The van der Waals surface area contributed by atoms with E-state index in [9.17, 15) is 0 Å². The second kappa shape index (κ2) is 6.26. The Hall–Kier alpha value is -1.60. The Balaban J connectivity index is 0.00000144. The Labute approximate surface area is 149 Å². The molecule has 0 amide bonds. The molecule has 0 aliphatic heterocycles. The fraction of sp³-hybridized carbons (Fsp3) is 0.0952. The molecule has 0 nitrogen and oxygen atoms in total. The standard InChI is InChI=1S/C21H17.Hf/c1-2-15-11-18-9-5-6-10-20(18)21(12-15)19-13-16-7-3-4-8-17(16)14-19;/h3-14H,2H2,1H3;/q-1;. The second-order valence-corrected chi connectivity index (χ2v) is 5.59. The fourth-order valence-electron chi connectivity index (χ4n) is 3.12. The van der Waals surface area contributed by atoms with E-state index in [0.29, 0.717) is 0 Å². The molecule has 4 rings (SSSR count). The normalized spacial score (nSPS) is 10.8. The van der Waals surface area contributed by atoms with Gasteiger partial charge in [-0.05, 0) is 17.2 Å². The first kappa shape index (κ1) is 15.3. The van der Waals surface area contributed by atoms with E-state index in [4.69, 9.17) is 0 Å². The third kappa shape index (κ3) is 2.59. The quantitative estimate of drug-likeness (QED) is 0.263. The molecule has 1 heteroatoms. The van der Waals surface area contributed by atoms with Gasteiger partial charge >= 0.3 is 0 Å². The molecular weight excluding hydrogens is 431 g/mol. The average Bonchev–Trinajstić information content (AvgIpc) is 2.97.